The smallest absolute Gasteiger partial charge is 0.274 e. The average molecular weight is 288 g/mol. The maximum atomic E-state index is 12.2. The van der Waals surface area contributed by atoms with Gasteiger partial charge in [0.25, 0.3) is 5.91 Å². The number of hydrogen-bond acceptors (Lipinski definition) is 5. The van der Waals surface area contributed by atoms with Crippen LogP contribution < -0.4 is 0 Å². The van der Waals surface area contributed by atoms with E-state index in [9.17, 15) is 4.79 Å². The Labute approximate surface area is 117 Å². The molecule has 7 heteroatoms. The number of ether oxygens (including phenoxy) is 1. The molecule has 0 spiro atoms. The molecule has 1 rings (SSSR count). The van der Waals surface area contributed by atoms with Crippen molar-refractivity contribution in [3.8, 4) is 0 Å². The third-order valence-electron chi connectivity index (χ3n) is 2.44. The Morgan fingerprint density at radius 3 is 2.68 bits per heavy atom. The van der Waals surface area contributed by atoms with E-state index in [1.54, 1.807) is 4.90 Å². The molecule has 0 atom stereocenters. The number of amides is 1. The largest absolute Gasteiger partial charge is 0.394 e. The van der Waals surface area contributed by atoms with Crippen LogP contribution in [0.4, 0.5) is 0 Å². The molecule has 0 aromatic carbocycles. The van der Waals surface area contributed by atoms with Gasteiger partial charge in [-0.3, -0.25) is 4.79 Å². The van der Waals surface area contributed by atoms with Crippen LogP contribution in [0.1, 0.15) is 24.3 Å². The third-order valence-corrected chi connectivity index (χ3v) is 2.63. The van der Waals surface area contributed by atoms with Crippen LogP contribution in [0, 0.1) is 0 Å². The summed E-state index contributed by atoms with van der Waals surface area (Å²) in [6, 6.07) is 0.0164. The molecule has 0 aliphatic rings. The van der Waals surface area contributed by atoms with Gasteiger partial charge in [0, 0.05) is 12.6 Å². The Hall–Kier alpha value is -1.24. The molecule has 0 aliphatic carbocycles. The highest BCUT2D eigenvalue weighted by atomic mass is 35.5. The fourth-order valence-electron chi connectivity index (χ4n) is 1.49. The molecule has 106 valence electrons. The van der Waals surface area contributed by atoms with Gasteiger partial charge in [-0.25, -0.2) is 9.97 Å². The van der Waals surface area contributed by atoms with Crippen LogP contribution in [-0.4, -0.2) is 58.3 Å². The van der Waals surface area contributed by atoms with Gasteiger partial charge in [-0.1, -0.05) is 11.6 Å². The summed E-state index contributed by atoms with van der Waals surface area (Å²) in [6.45, 7) is 4.85. The van der Waals surface area contributed by atoms with Gasteiger partial charge in [-0.2, -0.15) is 0 Å². The molecule has 0 aliphatic heterocycles. The average Bonchev–Trinajstić information content (AvgIpc) is 2.38. The summed E-state index contributed by atoms with van der Waals surface area (Å²) in [6.07, 6.45) is 2.70. The highest BCUT2D eigenvalue weighted by molar-refractivity contribution is 6.29. The highest BCUT2D eigenvalue weighted by Gasteiger charge is 2.19. The maximum absolute atomic E-state index is 12.2. The van der Waals surface area contributed by atoms with Crippen molar-refractivity contribution in [2.45, 2.75) is 19.9 Å². The summed E-state index contributed by atoms with van der Waals surface area (Å²) in [5.74, 6) is -0.216. The normalized spacial score (nSPS) is 10.8. The van der Waals surface area contributed by atoms with Gasteiger partial charge in [-0.15, -0.1) is 0 Å². The van der Waals surface area contributed by atoms with Crippen molar-refractivity contribution in [2.24, 2.45) is 0 Å². The summed E-state index contributed by atoms with van der Waals surface area (Å²) in [5.41, 5.74) is 0.250. The Kier molecular flexibility index (Phi) is 6.69. The van der Waals surface area contributed by atoms with Crippen molar-refractivity contribution in [1.29, 1.82) is 0 Å². The molecular formula is C12H18ClN3O3. The van der Waals surface area contributed by atoms with Crippen molar-refractivity contribution in [2.75, 3.05) is 26.4 Å². The first kappa shape index (κ1) is 15.8. The van der Waals surface area contributed by atoms with Gasteiger partial charge in [0.2, 0.25) is 0 Å². The molecule has 0 fully saturated rings. The first-order chi connectivity index (χ1) is 9.06. The number of carbonyl (C=O) groups is 1. The zero-order valence-corrected chi connectivity index (χ0v) is 11.8. The standard InChI is InChI=1S/C12H18ClN3O3/c1-9(2)16(3-5-19-6-4-17)12(18)10-7-15-11(13)8-14-10/h7-9,17H,3-6H2,1-2H3. The molecule has 19 heavy (non-hydrogen) atoms. The van der Waals surface area contributed by atoms with E-state index in [1.165, 1.54) is 12.4 Å². The number of aliphatic hydroxyl groups excluding tert-OH is 1. The van der Waals surface area contributed by atoms with Gasteiger partial charge in [0.1, 0.15) is 10.8 Å². The van der Waals surface area contributed by atoms with Gasteiger partial charge < -0.3 is 14.7 Å². The number of rotatable bonds is 7. The summed E-state index contributed by atoms with van der Waals surface area (Å²) in [7, 11) is 0. The van der Waals surface area contributed by atoms with Crippen molar-refractivity contribution in [3.05, 3.63) is 23.2 Å². The molecular weight excluding hydrogens is 270 g/mol. The number of nitrogens with zero attached hydrogens (tertiary/aromatic N) is 3. The lowest BCUT2D eigenvalue weighted by Crippen LogP contribution is -2.39. The minimum absolute atomic E-state index is 0.0164. The molecule has 1 N–H and O–H groups in total. The Morgan fingerprint density at radius 2 is 2.16 bits per heavy atom. The second kappa shape index (κ2) is 8.04. The van der Waals surface area contributed by atoms with Gasteiger partial charge in [-0.05, 0) is 13.8 Å². The summed E-state index contributed by atoms with van der Waals surface area (Å²) >= 11 is 5.63. The van der Waals surface area contributed by atoms with E-state index in [4.69, 9.17) is 21.4 Å². The van der Waals surface area contributed by atoms with E-state index < -0.39 is 0 Å². The molecule has 0 saturated heterocycles. The van der Waals surface area contributed by atoms with Crippen LogP contribution in [-0.2, 0) is 4.74 Å². The lowest BCUT2D eigenvalue weighted by molar-refractivity contribution is 0.0502. The fraction of sp³-hybridized carbons (Fsp3) is 0.583. The van der Waals surface area contributed by atoms with Crippen LogP contribution >= 0.6 is 11.6 Å². The van der Waals surface area contributed by atoms with E-state index in [-0.39, 0.29) is 36.0 Å². The van der Waals surface area contributed by atoms with Crippen LogP contribution in [0.25, 0.3) is 0 Å². The number of aliphatic hydroxyl groups is 1. The molecule has 0 radical (unpaired) electrons. The van der Waals surface area contributed by atoms with Crippen LogP contribution in [0.15, 0.2) is 12.4 Å². The number of hydrogen-bond donors (Lipinski definition) is 1. The van der Waals surface area contributed by atoms with E-state index in [0.717, 1.165) is 0 Å². The van der Waals surface area contributed by atoms with Crippen molar-refractivity contribution in [3.63, 3.8) is 0 Å². The number of carbonyl (C=O) groups excluding carboxylic acids is 1. The second-order valence-electron chi connectivity index (χ2n) is 4.15. The minimum atomic E-state index is -0.216. The Balaban J connectivity index is 2.64. The molecule has 6 nitrogen and oxygen atoms in total. The second-order valence-corrected chi connectivity index (χ2v) is 4.54. The van der Waals surface area contributed by atoms with Crippen molar-refractivity contribution >= 4 is 17.5 Å². The van der Waals surface area contributed by atoms with E-state index >= 15 is 0 Å². The quantitative estimate of drug-likeness (QED) is 0.757. The zero-order chi connectivity index (χ0) is 14.3. The molecule has 0 unspecified atom stereocenters. The molecule has 0 saturated carbocycles. The topological polar surface area (TPSA) is 75.6 Å². The predicted octanol–water partition coefficient (Wildman–Crippen LogP) is 0.990. The molecule has 1 amide bonds. The lowest BCUT2D eigenvalue weighted by atomic mass is 10.2. The lowest BCUT2D eigenvalue weighted by Gasteiger charge is -2.26. The SMILES string of the molecule is CC(C)N(CCOCCO)C(=O)c1cnc(Cl)cn1. The Morgan fingerprint density at radius 1 is 1.42 bits per heavy atom. The molecule has 1 aromatic heterocycles. The summed E-state index contributed by atoms with van der Waals surface area (Å²) in [5, 5.41) is 8.87. The zero-order valence-electron chi connectivity index (χ0n) is 11.0. The van der Waals surface area contributed by atoms with Gasteiger partial charge in [0.05, 0.1) is 32.2 Å². The maximum Gasteiger partial charge on any atom is 0.274 e. The molecule has 0 bridgehead atoms. The molecule has 1 aromatic rings. The van der Waals surface area contributed by atoms with E-state index in [1.807, 2.05) is 13.8 Å². The van der Waals surface area contributed by atoms with Crippen molar-refractivity contribution < 1.29 is 14.6 Å². The monoisotopic (exact) mass is 287 g/mol. The molecule has 1 heterocycles. The van der Waals surface area contributed by atoms with Gasteiger partial charge in [0.15, 0.2) is 0 Å². The van der Waals surface area contributed by atoms with Crippen LogP contribution in [0.3, 0.4) is 0 Å². The third kappa shape index (κ3) is 5.10. The van der Waals surface area contributed by atoms with Crippen LogP contribution in [0.2, 0.25) is 5.15 Å². The fourth-order valence-corrected chi connectivity index (χ4v) is 1.59. The van der Waals surface area contributed by atoms with Crippen LogP contribution in [0.5, 0.6) is 0 Å². The first-order valence-corrected chi connectivity index (χ1v) is 6.41. The summed E-state index contributed by atoms with van der Waals surface area (Å²) in [4.78, 5) is 21.7. The predicted molar refractivity (Wildman–Crippen MR) is 71.1 cm³/mol. The number of halogens is 1. The van der Waals surface area contributed by atoms with E-state index in [0.29, 0.717) is 13.2 Å². The Bertz CT molecular complexity index is 398. The van der Waals surface area contributed by atoms with Gasteiger partial charge >= 0.3 is 0 Å². The first-order valence-electron chi connectivity index (χ1n) is 6.03. The summed E-state index contributed by atoms with van der Waals surface area (Å²) < 4.78 is 5.17. The highest BCUT2D eigenvalue weighted by Crippen LogP contribution is 2.07. The number of aromatic nitrogens is 2. The van der Waals surface area contributed by atoms with Crippen molar-refractivity contribution in [1.82, 2.24) is 14.9 Å². The van der Waals surface area contributed by atoms with E-state index in [2.05, 4.69) is 9.97 Å². The minimum Gasteiger partial charge on any atom is -0.394 e.